The van der Waals surface area contributed by atoms with Crippen molar-refractivity contribution in [1.82, 2.24) is 15.1 Å². The second-order valence-electron chi connectivity index (χ2n) is 7.01. The number of nitrogens with one attached hydrogen (secondary N) is 1. The summed E-state index contributed by atoms with van der Waals surface area (Å²) in [5.74, 6) is 1.86. The number of aromatic nitrogens is 2. The Kier molecular flexibility index (Phi) is 5.65. The van der Waals surface area contributed by atoms with Gasteiger partial charge in [-0.05, 0) is 25.0 Å². The summed E-state index contributed by atoms with van der Waals surface area (Å²) in [6, 6.07) is 3.64. The summed E-state index contributed by atoms with van der Waals surface area (Å²) in [6.45, 7) is 9.15. The van der Waals surface area contributed by atoms with Gasteiger partial charge in [-0.15, -0.1) is 10.2 Å². The van der Waals surface area contributed by atoms with Crippen LogP contribution >= 0.6 is 0 Å². The van der Waals surface area contributed by atoms with E-state index in [2.05, 4.69) is 15.5 Å². The van der Waals surface area contributed by atoms with Crippen molar-refractivity contribution in [3.05, 3.63) is 35.0 Å². The Labute approximate surface area is 158 Å². The number of ether oxygens (including phenoxy) is 2. The summed E-state index contributed by atoms with van der Waals surface area (Å²) in [5, 5.41) is 11.1. The van der Waals surface area contributed by atoms with Gasteiger partial charge in [0.1, 0.15) is 5.75 Å². The van der Waals surface area contributed by atoms with Gasteiger partial charge in [0.2, 0.25) is 11.8 Å². The molecule has 8 nitrogen and oxygen atoms in total. The van der Waals surface area contributed by atoms with Gasteiger partial charge in [-0.1, -0.05) is 19.9 Å². The van der Waals surface area contributed by atoms with E-state index in [0.717, 1.165) is 22.6 Å². The summed E-state index contributed by atoms with van der Waals surface area (Å²) >= 11 is 0. The van der Waals surface area contributed by atoms with E-state index in [-0.39, 0.29) is 11.9 Å². The molecule has 146 valence electrons. The topological polar surface area (TPSA) is 89.7 Å². The minimum Gasteiger partial charge on any atom is -0.496 e. The number of morpholine rings is 1. The Balaban J connectivity index is 1.70. The quantitative estimate of drug-likeness (QED) is 0.882. The largest absolute Gasteiger partial charge is 0.496 e. The highest BCUT2D eigenvalue weighted by molar-refractivity contribution is 5.90. The molecule has 27 heavy (non-hydrogen) atoms. The molecule has 2 heterocycles. The van der Waals surface area contributed by atoms with Gasteiger partial charge in [-0.25, -0.2) is 4.79 Å². The van der Waals surface area contributed by atoms with E-state index in [1.165, 1.54) is 0 Å². The van der Waals surface area contributed by atoms with Crippen LogP contribution < -0.4 is 10.1 Å². The fraction of sp³-hybridized carbons (Fsp3) is 0.526. The molecule has 0 saturated carbocycles. The van der Waals surface area contributed by atoms with E-state index >= 15 is 0 Å². The summed E-state index contributed by atoms with van der Waals surface area (Å²) in [7, 11) is 1.62. The standard InChI is InChI=1S/C19H26N4O4/c1-11(2)17-21-22-18(27-17)16-10-23(6-7-26-16)19(24)20-14-9-15(25-5)13(4)8-12(14)3/h8-9,11,16H,6-7,10H2,1-5H3,(H,20,24). The molecule has 0 radical (unpaired) electrons. The van der Waals surface area contributed by atoms with Crippen LogP contribution in [0, 0.1) is 13.8 Å². The van der Waals surface area contributed by atoms with Gasteiger partial charge < -0.3 is 24.1 Å². The first-order valence-electron chi connectivity index (χ1n) is 9.05. The van der Waals surface area contributed by atoms with Gasteiger partial charge in [-0.3, -0.25) is 0 Å². The zero-order valence-corrected chi connectivity index (χ0v) is 16.4. The minimum absolute atomic E-state index is 0.147. The molecule has 1 aromatic carbocycles. The molecule has 1 unspecified atom stereocenters. The first-order chi connectivity index (χ1) is 12.9. The molecular formula is C19H26N4O4. The van der Waals surface area contributed by atoms with Gasteiger partial charge in [-0.2, -0.15) is 0 Å². The van der Waals surface area contributed by atoms with Crippen LogP contribution in [0.25, 0.3) is 0 Å². The van der Waals surface area contributed by atoms with Crippen LogP contribution in [-0.4, -0.2) is 47.9 Å². The molecule has 1 fully saturated rings. The van der Waals surface area contributed by atoms with Gasteiger partial charge >= 0.3 is 6.03 Å². The summed E-state index contributed by atoms with van der Waals surface area (Å²) in [6.07, 6.45) is -0.418. The monoisotopic (exact) mass is 374 g/mol. The number of carbonyl (C=O) groups is 1. The highest BCUT2D eigenvalue weighted by atomic mass is 16.5. The SMILES string of the molecule is COc1cc(NC(=O)N2CCOC(c3nnc(C(C)C)o3)C2)c(C)cc1C. The second kappa shape index (κ2) is 7.96. The minimum atomic E-state index is -0.418. The third-order valence-electron chi connectivity index (χ3n) is 4.56. The molecule has 2 amide bonds. The number of nitrogens with zero attached hydrogens (tertiary/aromatic N) is 3. The first-order valence-corrected chi connectivity index (χ1v) is 9.05. The Morgan fingerprint density at radius 3 is 2.74 bits per heavy atom. The maximum Gasteiger partial charge on any atom is 0.322 e. The van der Waals surface area contributed by atoms with Crippen LogP contribution in [0.2, 0.25) is 0 Å². The molecule has 1 aliphatic heterocycles. The number of methoxy groups -OCH3 is 1. The average Bonchev–Trinajstić information content (AvgIpc) is 3.14. The van der Waals surface area contributed by atoms with Crippen molar-refractivity contribution in [2.45, 2.75) is 39.7 Å². The number of hydrogen-bond acceptors (Lipinski definition) is 6. The molecule has 0 spiro atoms. The number of hydrogen-bond donors (Lipinski definition) is 1. The smallest absolute Gasteiger partial charge is 0.322 e. The fourth-order valence-electron chi connectivity index (χ4n) is 2.97. The molecule has 3 rings (SSSR count). The van der Waals surface area contributed by atoms with Gasteiger partial charge in [0.25, 0.3) is 0 Å². The lowest BCUT2D eigenvalue weighted by Gasteiger charge is -2.31. The van der Waals surface area contributed by atoms with Crippen LogP contribution in [0.4, 0.5) is 10.5 Å². The highest BCUT2D eigenvalue weighted by Gasteiger charge is 2.29. The maximum atomic E-state index is 12.7. The van der Waals surface area contributed by atoms with E-state index in [1.54, 1.807) is 12.0 Å². The normalized spacial score (nSPS) is 17.3. The highest BCUT2D eigenvalue weighted by Crippen LogP contribution is 2.28. The van der Waals surface area contributed by atoms with Crippen molar-refractivity contribution in [1.29, 1.82) is 0 Å². The van der Waals surface area contributed by atoms with Crippen molar-refractivity contribution in [3.63, 3.8) is 0 Å². The molecule has 1 saturated heterocycles. The van der Waals surface area contributed by atoms with Crippen LogP contribution in [0.5, 0.6) is 5.75 Å². The van der Waals surface area contributed by atoms with E-state index in [0.29, 0.717) is 31.5 Å². The van der Waals surface area contributed by atoms with Gasteiger partial charge in [0.15, 0.2) is 6.10 Å². The molecule has 1 aliphatic rings. The van der Waals surface area contributed by atoms with Crippen molar-refractivity contribution in [3.8, 4) is 5.75 Å². The number of urea groups is 1. The lowest BCUT2D eigenvalue weighted by molar-refractivity contribution is -0.0276. The number of anilines is 1. The molecule has 8 heteroatoms. The van der Waals surface area contributed by atoms with Crippen molar-refractivity contribution >= 4 is 11.7 Å². The lowest BCUT2D eigenvalue weighted by atomic mass is 10.1. The van der Waals surface area contributed by atoms with E-state index in [4.69, 9.17) is 13.9 Å². The molecule has 1 aromatic heterocycles. The molecule has 2 aromatic rings. The van der Waals surface area contributed by atoms with Crippen molar-refractivity contribution in [2.24, 2.45) is 0 Å². The third kappa shape index (κ3) is 4.21. The first kappa shape index (κ1) is 19.2. The van der Waals surface area contributed by atoms with Crippen molar-refractivity contribution in [2.75, 3.05) is 32.1 Å². The summed E-state index contributed by atoms with van der Waals surface area (Å²) in [4.78, 5) is 14.4. The predicted octanol–water partition coefficient (Wildman–Crippen LogP) is 3.42. The Bertz CT molecular complexity index is 818. The van der Waals surface area contributed by atoms with Crippen molar-refractivity contribution < 1.29 is 18.7 Å². The Morgan fingerprint density at radius 2 is 2.07 bits per heavy atom. The Morgan fingerprint density at radius 1 is 1.30 bits per heavy atom. The number of carbonyl (C=O) groups excluding carboxylic acids is 1. The maximum absolute atomic E-state index is 12.7. The van der Waals surface area contributed by atoms with E-state index in [9.17, 15) is 4.79 Å². The molecule has 1 N–H and O–H groups in total. The van der Waals surface area contributed by atoms with Crippen LogP contribution in [0.15, 0.2) is 16.5 Å². The van der Waals surface area contributed by atoms with Crippen LogP contribution in [0.1, 0.15) is 48.8 Å². The van der Waals surface area contributed by atoms with E-state index < -0.39 is 6.10 Å². The Hall–Kier alpha value is -2.61. The number of rotatable bonds is 4. The predicted molar refractivity (Wildman–Crippen MR) is 100 cm³/mol. The summed E-state index contributed by atoms with van der Waals surface area (Å²) in [5.41, 5.74) is 2.73. The number of amides is 2. The van der Waals surface area contributed by atoms with Crippen LogP contribution in [-0.2, 0) is 4.74 Å². The third-order valence-corrected chi connectivity index (χ3v) is 4.56. The lowest BCUT2D eigenvalue weighted by Crippen LogP contribution is -2.44. The molecule has 0 aliphatic carbocycles. The average molecular weight is 374 g/mol. The zero-order valence-electron chi connectivity index (χ0n) is 16.4. The van der Waals surface area contributed by atoms with Gasteiger partial charge in [0.05, 0.1) is 20.3 Å². The molecule has 1 atom stereocenters. The number of benzene rings is 1. The second-order valence-corrected chi connectivity index (χ2v) is 7.01. The van der Waals surface area contributed by atoms with Crippen LogP contribution in [0.3, 0.4) is 0 Å². The van der Waals surface area contributed by atoms with E-state index in [1.807, 2.05) is 39.8 Å². The number of aryl methyl sites for hydroxylation is 2. The molecular weight excluding hydrogens is 348 g/mol. The zero-order chi connectivity index (χ0) is 19.6. The fourth-order valence-corrected chi connectivity index (χ4v) is 2.97. The summed E-state index contributed by atoms with van der Waals surface area (Å²) < 4.78 is 16.7. The van der Waals surface area contributed by atoms with Gasteiger partial charge in [0, 0.05) is 24.2 Å². The molecule has 0 bridgehead atoms.